The molecule has 0 N–H and O–H groups in total. The highest BCUT2D eigenvalue weighted by atomic mass is 127. The highest BCUT2D eigenvalue weighted by Gasteiger charge is 2.37. The number of aromatic nitrogens is 3. The molecule has 208 valence electrons. The van der Waals surface area contributed by atoms with Crippen LogP contribution in [0.3, 0.4) is 0 Å². The van der Waals surface area contributed by atoms with Crippen molar-refractivity contribution in [3.8, 4) is 56.4 Å². The molecule has 0 radical (unpaired) electrons. The molecule has 0 bridgehead atoms. The van der Waals surface area contributed by atoms with Crippen molar-refractivity contribution in [2.24, 2.45) is 0 Å². The van der Waals surface area contributed by atoms with Crippen molar-refractivity contribution >= 4 is 22.6 Å². The molecule has 0 spiro atoms. The molecule has 1 aromatic heterocycles. The number of fused-ring (bicyclic) bond motifs is 6. The lowest BCUT2D eigenvalue weighted by Gasteiger charge is -2.22. The standard InChI is InChI=1S/C39H30IN3/c1-38(2)31-13-9-8-12-27(31)28-17-14-25(21-33(28)38)37-42-35(23-10-6-5-7-11-23)41-36(43-37)24-15-19-32-30(20-24)29-18-16-26(40)22-34(29)39(32,3)4/h5-22H,1-4H3. The fraction of sp³-hybridized carbons (Fsp3) is 0.154. The Hall–Kier alpha value is -4.16. The maximum Gasteiger partial charge on any atom is 0.164 e. The lowest BCUT2D eigenvalue weighted by molar-refractivity contribution is 0.660. The summed E-state index contributed by atoms with van der Waals surface area (Å²) in [5, 5.41) is 0. The maximum absolute atomic E-state index is 5.13. The summed E-state index contributed by atoms with van der Waals surface area (Å²) in [4.78, 5) is 15.2. The summed E-state index contributed by atoms with van der Waals surface area (Å²) >= 11 is 2.41. The SMILES string of the molecule is CC1(C)c2ccc(-c3nc(-c4ccccc4)nc(-c4ccc5c(c4)C(C)(C)c4ccccc4-5)n3)cc2-c2ccc(I)cc21. The largest absolute Gasteiger partial charge is 0.208 e. The third-order valence-electron chi connectivity index (χ3n) is 9.41. The van der Waals surface area contributed by atoms with Gasteiger partial charge in [0.15, 0.2) is 17.5 Å². The monoisotopic (exact) mass is 667 g/mol. The van der Waals surface area contributed by atoms with E-state index in [1.807, 2.05) is 18.2 Å². The molecule has 43 heavy (non-hydrogen) atoms. The van der Waals surface area contributed by atoms with Gasteiger partial charge in [-0.1, -0.05) is 113 Å². The molecule has 8 rings (SSSR count). The highest BCUT2D eigenvalue weighted by molar-refractivity contribution is 14.1. The van der Waals surface area contributed by atoms with E-state index in [1.165, 1.54) is 48.1 Å². The van der Waals surface area contributed by atoms with E-state index in [0.717, 1.165) is 16.7 Å². The minimum Gasteiger partial charge on any atom is -0.208 e. The molecule has 6 aromatic rings. The van der Waals surface area contributed by atoms with Gasteiger partial charge < -0.3 is 0 Å². The molecule has 0 saturated heterocycles. The van der Waals surface area contributed by atoms with E-state index in [9.17, 15) is 0 Å². The number of hydrogen-bond acceptors (Lipinski definition) is 3. The van der Waals surface area contributed by atoms with Crippen LogP contribution >= 0.6 is 22.6 Å². The predicted molar refractivity (Wildman–Crippen MR) is 184 cm³/mol. The first-order valence-corrected chi connectivity index (χ1v) is 15.8. The lowest BCUT2D eigenvalue weighted by atomic mass is 9.82. The van der Waals surface area contributed by atoms with Gasteiger partial charge in [-0.15, -0.1) is 0 Å². The second-order valence-corrected chi connectivity index (χ2v) is 13.9. The highest BCUT2D eigenvalue weighted by Crippen LogP contribution is 2.51. The normalized spacial score (nSPS) is 15.0. The average Bonchev–Trinajstić information content (AvgIpc) is 3.40. The Morgan fingerprint density at radius 1 is 0.419 bits per heavy atom. The molecule has 0 aliphatic heterocycles. The van der Waals surface area contributed by atoms with Crippen molar-refractivity contribution < 1.29 is 0 Å². The molecule has 1 heterocycles. The zero-order valence-corrected chi connectivity index (χ0v) is 26.8. The molecule has 0 amide bonds. The first-order valence-electron chi connectivity index (χ1n) is 14.7. The van der Waals surface area contributed by atoms with Gasteiger partial charge in [0.1, 0.15) is 0 Å². The van der Waals surface area contributed by atoms with Gasteiger partial charge in [0.25, 0.3) is 0 Å². The van der Waals surface area contributed by atoms with Gasteiger partial charge in [-0.2, -0.15) is 0 Å². The Morgan fingerprint density at radius 2 is 0.930 bits per heavy atom. The van der Waals surface area contributed by atoms with Crippen molar-refractivity contribution in [1.82, 2.24) is 15.0 Å². The maximum atomic E-state index is 5.13. The third kappa shape index (κ3) is 4.03. The molecule has 0 saturated carbocycles. The Kier molecular flexibility index (Phi) is 5.80. The van der Waals surface area contributed by atoms with E-state index in [4.69, 9.17) is 15.0 Å². The van der Waals surface area contributed by atoms with Gasteiger partial charge in [0.2, 0.25) is 0 Å². The molecule has 5 aromatic carbocycles. The molecular weight excluding hydrogens is 637 g/mol. The summed E-state index contributed by atoms with van der Waals surface area (Å²) in [7, 11) is 0. The van der Waals surface area contributed by atoms with E-state index >= 15 is 0 Å². The van der Waals surface area contributed by atoms with Crippen LogP contribution in [0.15, 0.2) is 109 Å². The van der Waals surface area contributed by atoms with Crippen LogP contribution in [0.2, 0.25) is 0 Å². The van der Waals surface area contributed by atoms with Gasteiger partial charge >= 0.3 is 0 Å². The molecule has 0 atom stereocenters. The fourth-order valence-electron chi connectivity index (χ4n) is 7.06. The number of benzene rings is 5. The Labute approximate surface area is 266 Å². The van der Waals surface area contributed by atoms with Crippen LogP contribution in [0.25, 0.3) is 56.4 Å². The van der Waals surface area contributed by atoms with Gasteiger partial charge in [-0.3, -0.25) is 0 Å². The Balaban J connectivity index is 1.30. The second kappa shape index (κ2) is 9.42. The molecule has 2 aliphatic carbocycles. The molecule has 4 heteroatoms. The minimum atomic E-state index is -0.0992. The summed E-state index contributed by atoms with van der Waals surface area (Å²) in [5.41, 5.74) is 13.3. The zero-order valence-electron chi connectivity index (χ0n) is 24.6. The van der Waals surface area contributed by atoms with Crippen LogP contribution in [0.4, 0.5) is 0 Å². The number of halogens is 1. The van der Waals surface area contributed by atoms with Gasteiger partial charge in [-0.05, 0) is 91.4 Å². The minimum absolute atomic E-state index is 0.0569. The van der Waals surface area contributed by atoms with Crippen molar-refractivity contribution in [2.75, 3.05) is 0 Å². The molecule has 3 nitrogen and oxygen atoms in total. The van der Waals surface area contributed by atoms with Crippen LogP contribution in [0.1, 0.15) is 49.9 Å². The first kappa shape index (κ1) is 26.5. The summed E-state index contributed by atoms with van der Waals surface area (Å²) < 4.78 is 1.26. The third-order valence-corrected chi connectivity index (χ3v) is 10.1. The predicted octanol–water partition coefficient (Wildman–Crippen LogP) is 10.1. The number of nitrogens with zero attached hydrogens (tertiary/aromatic N) is 3. The van der Waals surface area contributed by atoms with Gasteiger partial charge in [0, 0.05) is 31.1 Å². The molecule has 0 fully saturated rings. The fourth-order valence-corrected chi connectivity index (χ4v) is 7.55. The molecular formula is C39H30IN3. The van der Waals surface area contributed by atoms with E-state index in [-0.39, 0.29) is 10.8 Å². The summed E-state index contributed by atoms with van der Waals surface area (Å²) in [6, 6.07) is 39.1. The zero-order chi connectivity index (χ0) is 29.5. The van der Waals surface area contributed by atoms with E-state index in [0.29, 0.717) is 17.5 Å². The van der Waals surface area contributed by atoms with E-state index in [2.05, 4.69) is 141 Å². The quantitative estimate of drug-likeness (QED) is 0.176. The van der Waals surface area contributed by atoms with Crippen molar-refractivity contribution in [3.63, 3.8) is 0 Å². The van der Waals surface area contributed by atoms with Crippen LogP contribution in [0.5, 0.6) is 0 Å². The van der Waals surface area contributed by atoms with Crippen LogP contribution < -0.4 is 0 Å². The topological polar surface area (TPSA) is 38.7 Å². The molecule has 2 aliphatic rings. The Bertz CT molecular complexity index is 2090. The Morgan fingerprint density at radius 3 is 1.67 bits per heavy atom. The van der Waals surface area contributed by atoms with Crippen molar-refractivity contribution in [3.05, 3.63) is 135 Å². The second-order valence-electron chi connectivity index (χ2n) is 12.7. The van der Waals surface area contributed by atoms with Gasteiger partial charge in [0.05, 0.1) is 0 Å². The number of hydrogen-bond donors (Lipinski definition) is 0. The van der Waals surface area contributed by atoms with Crippen molar-refractivity contribution in [1.29, 1.82) is 0 Å². The first-order chi connectivity index (χ1) is 20.7. The van der Waals surface area contributed by atoms with Crippen LogP contribution in [-0.2, 0) is 10.8 Å². The molecule has 0 unspecified atom stereocenters. The summed E-state index contributed by atoms with van der Waals surface area (Å²) in [6.07, 6.45) is 0. The van der Waals surface area contributed by atoms with Crippen molar-refractivity contribution in [2.45, 2.75) is 38.5 Å². The van der Waals surface area contributed by atoms with Crippen LogP contribution in [-0.4, -0.2) is 15.0 Å². The average molecular weight is 668 g/mol. The van der Waals surface area contributed by atoms with Crippen LogP contribution in [0, 0.1) is 3.57 Å². The van der Waals surface area contributed by atoms with E-state index in [1.54, 1.807) is 0 Å². The summed E-state index contributed by atoms with van der Waals surface area (Å²) in [5.74, 6) is 2.06. The smallest absolute Gasteiger partial charge is 0.164 e. The number of rotatable bonds is 3. The lowest BCUT2D eigenvalue weighted by Crippen LogP contribution is -2.15. The van der Waals surface area contributed by atoms with E-state index < -0.39 is 0 Å². The summed E-state index contributed by atoms with van der Waals surface area (Å²) in [6.45, 7) is 9.24. The van der Waals surface area contributed by atoms with Gasteiger partial charge in [-0.25, -0.2) is 15.0 Å².